The standard InChI is InChI=1S/C32H28F6O/c1-3-5-20-6-11-22(12-7-20)25-18-28(34)26(19-27(25)33)23-13-8-21(9-14-23)10-15-24-16-17-29(39-4-2)31(35)30(24)32(36,37)38/h6-9,11-14,16-19H,3-5,10,15H2,1-2H3. The molecule has 39 heavy (non-hydrogen) atoms. The van der Waals surface area contributed by atoms with Crippen LogP contribution in [0.1, 0.15) is 42.5 Å². The summed E-state index contributed by atoms with van der Waals surface area (Å²) in [5, 5.41) is 0. The van der Waals surface area contributed by atoms with E-state index in [0.717, 1.165) is 24.5 Å². The maximum Gasteiger partial charge on any atom is 0.419 e. The van der Waals surface area contributed by atoms with Gasteiger partial charge in [0, 0.05) is 11.1 Å². The smallest absolute Gasteiger partial charge is 0.419 e. The average Bonchev–Trinajstić information content (AvgIpc) is 2.90. The van der Waals surface area contributed by atoms with E-state index in [2.05, 4.69) is 6.92 Å². The Hall–Kier alpha value is -3.74. The third-order valence-electron chi connectivity index (χ3n) is 6.58. The second-order valence-corrected chi connectivity index (χ2v) is 9.30. The summed E-state index contributed by atoms with van der Waals surface area (Å²) in [6, 6.07) is 18.6. The molecule has 0 heterocycles. The van der Waals surface area contributed by atoms with Crippen molar-refractivity contribution in [3.05, 3.63) is 113 Å². The fourth-order valence-electron chi connectivity index (χ4n) is 4.64. The predicted octanol–water partition coefficient (Wildman–Crippen LogP) is 9.59. The van der Waals surface area contributed by atoms with Crippen LogP contribution in [0.2, 0.25) is 0 Å². The molecule has 1 nitrogen and oxygen atoms in total. The van der Waals surface area contributed by atoms with E-state index in [1.807, 2.05) is 12.1 Å². The van der Waals surface area contributed by atoms with Crippen LogP contribution in [0, 0.1) is 17.5 Å². The molecule has 0 N–H and O–H groups in total. The third-order valence-corrected chi connectivity index (χ3v) is 6.58. The molecule has 0 radical (unpaired) electrons. The zero-order valence-electron chi connectivity index (χ0n) is 21.6. The lowest BCUT2D eigenvalue weighted by Crippen LogP contribution is -2.14. The number of ether oxygens (including phenoxy) is 1. The molecule has 0 spiro atoms. The highest BCUT2D eigenvalue weighted by atomic mass is 19.4. The molecule has 0 atom stereocenters. The maximum atomic E-state index is 15.0. The SMILES string of the molecule is CCCc1ccc(-c2cc(F)c(-c3ccc(CCc4ccc(OCC)c(F)c4C(F)(F)F)cc3)cc2F)cc1. The van der Waals surface area contributed by atoms with Crippen molar-refractivity contribution in [1.82, 2.24) is 0 Å². The van der Waals surface area contributed by atoms with Crippen molar-refractivity contribution in [1.29, 1.82) is 0 Å². The maximum absolute atomic E-state index is 15.0. The Balaban J connectivity index is 1.52. The Morgan fingerprint density at radius 1 is 0.641 bits per heavy atom. The Morgan fingerprint density at radius 3 is 1.62 bits per heavy atom. The lowest BCUT2D eigenvalue weighted by molar-refractivity contribution is -0.140. The highest BCUT2D eigenvalue weighted by Gasteiger charge is 2.38. The fourth-order valence-corrected chi connectivity index (χ4v) is 4.64. The molecule has 0 fully saturated rings. The zero-order chi connectivity index (χ0) is 28.2. The number of halogens is 6. The van der Waals surface area contributed by atoms with Gasteiger partial charge in [-0.2, -0.15) is 13.2 Å². The molecular formula is C32H28F6O. The van der Waals surface area contributed by atoms with Gasteiger partial charge in [-0.1, -0.05) is 67.9 Å². The summed E-state index contributed by atoms with van der Waals surface area (Å²) < 4.78 is 90.3. The monoisotopic (exact) mass is 542 g/mol. The molecule has 204 valence electrons. The van der Waals surface area contributed by atoms with E-state index in [9.17, 15) is 22.0 Å². The summed E-state index contributed by atoms with van der Waals surface area (Å²) in [4.78, 5) is 0. The van der Waals surface area contributed by atoms with Gasteiger partial charge in [-0.25, -0.2) is 13.2 Å². The summed E-state index contributed by atoms with van der Waals surface area (Å²) >= 11 is 0. The van der Waals surface area contributed by atoms with Crippen LogP contribution in [0.5, 0.6) is 5.75 Å². The Labute approximate surface area is 224 Å². The van der Waals surface area contributed by atoms with E-state index in [-0.39, 0.29) is 36.1 Å². The summed E-state index contributed by atoms with van der Waals surface area (Å²) in [7, 11) is 0. The minimum Gasteiger partial charge on any atom is -0.491 e. The molecule has 0 saturated heterocycles. The van der Waals surface area contributed by atoms with E-state index in [1.54, 1.807) is 43.3 Å². The first-order valence-corrected chi connectivity index (χ1v) is 12.8. The van der Waals surface area contributed by atoms with Gasteiger partial charge in [0.25, 0.3) is 0 Å². The molecule has 0 aliphatic rings. The van der Waals surface area contributed by atoms with Crippen LogP contribution in [-0.2, 0) is 25.4 Å². The van der Waals surface area contributed by atoms with Crippen LogP contribution in [0.4, 0.5) is 26.3 Å². The summed E-state index contributed by atoms with van der Waals surface area (Å²) in [5.41, 5.74) is 1.55. The van der Waals surface area contributed by atoms with Crippen LogP contribution < -0.4 is 4.74 Å². The molecule has 4 rings (SSSR count). The van der Waals surface area contributed by atoms with Gasteiger partial charge >= 0.3 is 6.18 Å². The van der Waals surface area contributed by atoms with E-state index < -0.39 is 34.9 Å². The number of hydrogen-bond acceptors (Lipinski definition) is 1. The second kappa shape index (κ2) is 12.0. The fraction of sp³-hybridized carbons (Fsp3) is 0.250. The number of alkyl halides is 3. The molecule has 0 bridgehead atoms. The highest BCUT2D eigenvalue weighted by molar-refractivity contribution is 5.72. The topological polar surface area (TPSA) is 9.23 Å². The van der Waals surface area contributed by atoms with Crippen molar-refractivity contribution in [2.24, 2.45) is 0 Å². The first-order chi connectivity index (χ1) is 18.6. The van der Waals surface area contributed by atoms with Crippen molar-refractivity contribution in [2.75, 3.05) is 6.61 Å². The number of aryl methyl sites for hydroxylation is 3. The number of rotatable bonds is 9. The molecule has 7 heteroatoms. The molecular weight excluding hydrogens is 514 g/mol. The van der Waals surface area contributed by atoms with Gasteiger partial charge in [-0.05, 0) is 72.2 Å². The van der Waals surface area contributed by atoms with Gasteiger partial charge in [-0.15, -0.1) is 0 Å². The van der Waals surface area contributed by atoms with Gasteiger partial charge in [0.05, 0.1) is 12.2 Å². The summed E-state index contributed by atoms with van der Waals surface area (Å²) in [6.07, 6.45) is -2.84. The highest BCUT2D eigenvalue weighted by Crippen LogP contribution is 2.38. The molecule has 0 aromatic heterocycles. The molecule has 0 amide bonds. The molecule has 0 saturated carbocycles. The van der Waals surface area contributed by atoms with E-state index in [0.29, 0.717) is 16.7 Å². The molecule has 4 aromatic carbocycles. The number of hydrogen-bond donors (Lipinski definition) is 0. The minimum atomic E-state index is -4.87. The second-order valence-electron chi connectivity index (χ2n) is 9.30. The first-order valence-electron chi connectivity index (χ1n) is 12.8. The Bertz CT molecular complexity index is 1420. The minimum absolute atomic E-state index is 0.0409. The first kappa shape index (κ1) is 28.3. The average molecular weight is 543 g/mol. The molecule has 0 aliphatic carbocycles. The lowest BCUT2D eigenvalue weighted by atomic mass is 9.95. The van der Waals surface area contributed by atoms with Gasteiger partial charge in [0.15, 0.2) is 11.6 Å². The molecule has 0 aliphatic heterocycles. The van der Waals surface area contributed by atoms with Crippen molar-refractivity contribution < 1.29 is 31.1 Å². The lowest BCUT2D eigenvalue weighted by Gasteiger charge is -2.16. The van der Waals surface area contributed by atoms with Gasteiger partial charge in [-0.3, -0.25) is 0 Å². The van der Waals surface area contributed by atoms with Crippen molar-refractivity contribution in [2.45, 2.75) is 45.7 Å². The van der Waals surface area contributed by atoms with E-state index in [4.69, 9.17) is 4.74 Å². The summed E-state index contributed by atoms with van der Waals surface area (Å²) in [6.45, 7) is 3.67. The summed E-state index contributed by atoms with van der Waals surface area (Å²) in [5.74, 6) is -3.01. The van der Waals surface area contributed by atoms with Crippen LogP contribution in [0.3, 0.4) is 0 Å². The van der Waals surface area contributed by atoms with Crippen molar-refractivity contribution >= 4 is 0 Å². The van der Waals surface area contributed by atoms with Crippen LogP contribution in [-0.4, -0.2) is 6.61 Å². The Kier molecular flexibility index (Phi) is 8.68. The van der Waals surface area contributed by atoms with Crippen LogP contribution in [0.15, 0.2) is 72.8 Å². The van der Waals surface area contributed by atoms with Gasteiger partial charge in [0.1, 0.15) is 11.6 Å². The van der Waals surface area contributed by atoms with Crippen LogP contribution >= 0.6 is 0 Å². The largest absolute Gasteiger partial charge is 0.491 e. The Morgan fingerprint density at radius 2 is 1.15 bits per heavy atom. The molecule has 4 aromatic rings. The van der Waals surface area contributed by atoms with Crippen molar-refractivity contribution in [3.8, 4) is 28.0 Å². The van der Waals surface area contributed by atoms with E-state index >= 15 is 4.39 Å². The van der Waals surface area contributed by atoms with Crippen LogP contribution in [0.25, 0.3) is 22.3 Å². The zero-order valence-corrected chi connectivity index (χ0v) is 21.6. The number of benzene rings is 4. The van der Waals surface area contributed by atoms with Gasteiger partial charge < -0.3 is 4.74 Å². The third kappa shape index (κ3) is 6.47. The van der Waals surface area contributed by atoms with Crippen molar-refractivity contribution in [3.63, 3.8) is 0 Å². The predicted molar refractivity (Wildman–Crippen MR) is 141 cm³/mol. The molecule has 0 unspecified atom stereocenters. The van der Waals surface area contributed by atoms with E-state index in [1.165, 1.54) is 18.2 Å². The van der Waals surface area contributed by atoms with Gasteiger partial charge in [0.2, 0.25) is 0 Å². The quantitative estimate of drug-likeness (QED) is 0.191. The normalized spacial score (nSPS) is 11.6.